The first-order chi connectivity index (χ1) is 9.60. The van der Waals surface area contributed by atoms with E-state index in [1.807, 2.05) is 31.2 Å². The van der Waals surface area contributed by atoms with Crippen LogP contribution in [0.4, 0.5) is 5.82 Å². The summed E-state index contributed by atoms with van der Waals surface area (Å²) in [4.78, 5) is 8.47. The molecule has 0 fully saturated rings. The Balaban J connectivity index is 2.45. The number of nitrogens with one attached hydrogen (secondary N) is 1. The third kappa shape index (κ3) is 3.65. The first kappa shape index (κ1) is 14.7. The van der Waals surface area contributed by atoms with Crippen LogP contribution >= 0.6 is 15.9 Å². The van der Waals surface area contributed by atoms with Gasteiger partial charge in [-0.1, -0.05) is 34.7 Å². The van der Waals surface area contributed by atoms with Gasteiger partial charge in [-0.3, -0.25) is 0 Å². The molecule has 5 heteroatoms. The number of aliphatic hydroxyl groups excluding tert-OH is 1. The number of hydrogen-bond acceptors (Lipinski definition) is 4. The van der Waals surface area contributed by atoms with Gasteiger partial charge in [0.05, 0.1) is 11.5 Å². The van der Waals surface area contributed by atoms with Crippen LogP contribution in [0.3, 0.4) is 0 Å². The van der Waals surface area contributed by atoms with Crippen LogP contribution in [0.15, 0.2) is 41.3 Å². The van der Waals surface area contributed by atoms with Gasteiger partial charge in [0, 0.05) is 15.4 Å². The number of hydrogen-bond donors (Lipinski definition) is 2. The zero-order chi connectivity index (χ0) is 14.5. The second kappa shape index (κ2) is 6.63. The van der Waals surface area contributed by atoms with Crippen molar-refractivity contribution >= 4 is 33.9 Å². The number of anilines is 1. The monoisotopic (exact) mass is 333 g/mol. The van der Waals surface area contributed by atoms with Gasteiger partial charge in [0.15, 0.2) is 0 Å². The van der Waals surface area contributed by atoms with E-state index in [0.29, 0.717) is 12.2 Å². The van der Waals surface area contributed by atoms with Crippen LogP contribution in [0.25, 0.3) is 12.2 Å². The van der Waals surface area contributed by atoms with Gasteiger partial charge in [0.25, 0.3) is 0 Å². The molecule has 1 unspecified atom stereocenters. The average Bonchev–Trinajstić information content (AvgIpc) is 2.39. The molecular formula is C15H16BrN3O. The summed E-state index contributed by atoms with van der Waals surface area (Å²) >= 11 is 3.31. The van der Waals surface area contributed by atoms with Crippen molar-refractivity contribution in [3.05, 3.63) is 51.9 Å². The maximum atomic E-state index is 9.74. The van der Waals surface area contributed by atoms with Crippen molar-refractivity contribution in [2.45, 2.75) is 19.4 Å². The van der Waals surface area contributed by atoms with E-state index in [1.165, 1.54) is 6.33 Å². The number of halogens is 1. The maximum Gasteiger partial charge on any atom is 0.141 e. The van der Waals surface area contributed by atoms with Crippen LogP contribution in [0.5, 0.6) is 0 Å². The molecule has 1 aliphatic carbocycles. The van der Waals surface area contributed by atoms with Gasteiger partial charge in [-0.15, -0.1) is 0 Å². The summed E-state index contributed by atoms with van der Waals surface area (Å²) < 4.78 is 0.761. The summed E-state index contributed by atoms with van der Waals surface area (Å²) in [6.45, 7) is 5.73. The van der Waals surface area contributed by atoms with E-state index in [4.69, 9.17) is 0 Å². The van der Waals surface area contributed by atoms with Crippen molar-refractivity contribution in [2.75, 3.05) is 5.32 Å². The Kier molecular flexibility index (Phi) is 4.87. The van der Waals surface area contributed by atoms with Crippen molar-refractivity contribution in [1.82, 2.24) is 9.97 Å². The van der Waals surface area contributed by atoms with Crippen LogP contribution in [0.1, 0.15) is 13.3 Å². The molecule has 0 aliphatic heterocycles. The predicted molar refractivity (Wildman–Crippen MR) is 85.4 cm³/mol. The van der Waals surface area contributed by atoms with E-state index < -0.39 is 6.10 Å². The molecule has 1 aliphatic rings. The Morgan fingerprint density at radius 1 is 1.55 bits per heavy atom. The fourth-order valence-electron chi connectivity index (χ4n) is 1.94. The summed E-state index contributed by atoms with van der Waals surface area (Å²) in [6, 6.07) is 0. The molecular weight excluding hydrogens is 318 g/mol. The topological polar surface area (TPSA) is 58.0 Å². The van der Waals surface area contributed by atoms with E-state index in [9.17, 15) is 5.11 Å². The number of aromatic nitrogens is 2. The summed E-state index contributed by atoms with van der Waals surface area (Å²) in [5.41, 5.74) is 0.851. The highest BCUT2D eigenvalue weighted by Crippen LogP contribution is 2.10. The van der Waals surface area contributed by atoms with Gasteiger partial charge in [-0.25, -0.2) is 9.97 Å². The molecule has 1 aromatic heterocycles. The molecule has 1 heterocycles. The van der Waals surface area contributed by atoms with Gasteiger partial charge < -0.3 is 10.4 Å². The Morgan fingerprint density at radius 3 is 3.05 bits per heavy atom. The van der Waals surface area contributed by atoms with E-state index in [2.05, 4.69) is 37.8 Å². The second-order valence-corrected chi connectivity index (χ2v) is 5.39. The molecule has 2 N–H and O–H groups in total. The molecule has 0 aromatic carbocycles. The largest absolute Gasteiger partial charge is 0.389 e. The fourth-order valence-corrected chi connectivity index (χ4v) is 2.19. The smallest absolute Gasteiger partial charge is 0.141 e. The van der Waals surface area contributed by atoms with Gasteiger partial charge in [-0.05, 0) is 31.6 Å². The highest BCUT2D eigenvalue weighted by Gasteiger charge is 2.08. The van der Waals surface area contributed by atoms with Crippen molar-refractivity contribution in [1.29, 1.82) is 0 Å². The fraction of sp³-hybridized carbons (Fsp3) is 0.200. The lowest BCUT2D eigenvalue weighted by Crippen LogP contribution is -2.36. The highest BCUT2D eigenvalue weighted by molar-refractivity contribution is 9.11. The lowest BCUT2D eigenvalue weighted by Gasteiger charge is -2.11. The SMILES string of the molecule is C=C(Br)/C=C(\C=CC)Nc1ncnc2c1=CC(O)CC=2. The van der Waals surface area contributed by atoms with Crippen molar-refractivity contribution < 1.29 is 5.11 Å². The van der Waals surface area contributed by atoms with Crippen molar-refractivity contribution in [3.8, 4) is 0 Å². The van der Waals surface area contributed by atoms with Crippen LogP contribution < -0.4 is 15.9 Å². The molecule has 1 atom stereocenters. The quantitative estimate of drug-likeness (QED) is 0.821. The van der Waals surface area contributed by atoms with E-state index >= 15 is 0 Å². The Morgan fingerprint density at radius 2 is 2.35 bits per heavy atom. The van der Waals surface area contributed by atoms with Gasteiger partial charge >= 0.3 is 0 Å². The minimum Gasteiger partial charge on any atom is -0.389 e. The molecule has 104 valence electrons. The summed E-state index contributed by atoms with van der Waals surface area (Å²) in [5, 5.41) is 14.6. The normalized spacial score (nSPS) is 18.1. The first-order valence-corrected chi connectivity index (χ1v) is 7.06. The molecule has 0 amide bonds. The van der Waals surface area contributed by atoms with Crippen LogP contribution in [-0.2, 0) is 0 Å². The Hall–Kier alpha value is -1.72. The first-order valence-electron chi connectivity index (χ1n) is 6.27. The molecule has 0 bridgehead atoms. The van der Waals surface area contributed by atoms with Gasteiger partial charge in [0.2, 0.25) is 0 Å². The molecule has 20 heavy (non-hydrogen) atoms. The number of rotatable bonds is 4. The summed E-state index contributed by atoms with van der Waals surface area (Å²) in [6.07, 6.45) is 11.0. The summed E-state index contributed by atoms with van der Waals surface area (Å²) in [7, 11) is 0. The van der Waals surface area contributed by atoms with E-state index in [0.717, 1.165) is 20.7 Å². The van der Waals surface area contributed by atoms with Crippen LogP contribution in [-0.4, -0.2) is 21.2 Å². The lowest BCUT2D eigenvalue weighted by molar-refractivity contribution is 0.244. The molecule has 2 rings (SSSR count). The number of allylic oxidation sites excluding steroid dienone is 4. The molecule has 4 nitrogen and oxygen atoms in total. The summed E-state index contributed by atoms with van der Waals surface area (Å²) in [5.74, 6) is 0.670. The number of nitrogens with zero attached hydrogens (tertiary/aromatic N) is 2. The maximum absolute atomic E-state index is 9.74. The van der Waals surface area contributed by atoms with E-state index in [-0.39, 0.29) is 0 Å². The Bertz CT molecular complexity index is 692. The minimum absolute atomic E-state index is 0.491. The number of aliphatic hydroxyl groups is 1. The zero-order valence-electron chi connectivity index (χ0n) is 11.2. The van der Waals surface area contributed by atoms with Gasteiger partial charge in [-0.2, -0.15) is 0 Å². The van der Waals surface area contributed by atoms with Crippen LogP contribution in [0, 0.1) is 0 Å². The molecule has 0 saturated heterocycles. The Labute approximate surface area is 126 Å². The molecule has 1 aromatic rings. The molecule has 0 spiro atoms. The molecule has 0 radical (unpaired) electrons. The van der Waals surface area contributed by atoms with Crippen molar-refractivity contribution in [3.63, 3.8) is 0 Å². The lowest BCUT2D eigenvalue weighted by atomic mass is 10.1. The zero-order valence-corrected chi connectivity index (χ0v) is 12.8. The molecule has 0 saturated carbocycles. The van der Waals surface area contributed by atoms with Gasteiger partial charge in [0.1, 0.15) is 12.1 Å². The van der Waals surface area contributed by atoms with Crippen LogP contribution in [0.2, 0.25) is 0 Å². The van der Waals surface area contributed by atoms with Crippen molar-refractivity contribution in [2.24, 2.45) is 0 Å². The number of fused-ring (bicyclic) bond motifs is 1. The third-order valence-corrected chi connectivity index (χ3v) is 2.98. The third-order valence-electron chi connectivity index (χ3n) is 2.75. The average molecular weight is 334 g/mol. The van der Waals surface area contributed by atoms with E-state index in [1.54, 1.807) is 6.08 Å². The minimum atomic E-state index is -0.491. The standard InChI is InChI=1S/C15H16BrN3O/c1-3-4-11(7-10(2)16)19-15-13-8-12(20)5-6-14(13)17-9-18-15/h3-4,6-9,12,20H,2,5H2,1H3,(H,17,18,19)/b4-3?,11-7+. The second-order valence-electron chi connectivity index (χ2n) is 4.37. The highest BCUT2D eigenvalue weighted by atomic mass is 79.9. The predicted octanol–water partition coefficient (Wildman–Crippen LogP) is 1.58.